The number of piperidine rings is 1. The molecule has 1 saturated heterocycles. The zero-order valence-corrected chi connectivity index (χ0v) is 14.9. The summed E-state index contributed by atoms with van der Waals surface area (Å²) in [6, 6.07) is 8.49. The van der Waals surface area contributed by atoms with E-state index in [0.717, 1.165) is 25.7 Å². The smallest absolute Gasteiger partial charge is 0.317 e. The lowest BCUT2D eigenvalue weighted by molar-refractivity contribution is -0.207. The van der Waals surface area contributed by atoms with Crippen molar-refractivity contribution in [3.63, 3.8) is 0 Å². The van der Waals surface area contributed by atoms with Gasteiger partial charge in [0.15, 0.2) is 0 Å². The largest absolute Gasteiger partial charge is 0.392 e. The van der Waals surface area contributed by atoms with E-state index in [4.69, 9.17) is 4.74 Å². The van der Waals surface area contributed by atoms with Crippen molar-refractivity contribution in [3.05, 3.63) is 35.4 Å². The predicted molar refractivity (Wildman–Crippen MR) is 95.6 cm³/mol. The minimum Gasteiger partial charge on any atom is -0.392 e. The number of hydrogen-bond acceptors (Lipinski definition) is 3. The van der Waals surface area contributed by atoms with Gasteiger partial charge >= 0.3 is 6.03 Å². The van der Waals surface area contributed by atoms with E-state index in [2.05, 4.69) is 29.6 Å². The van der Waals surface area contributed by atoms with Crippen LogP contribution >= 0.6 is 0 Å². The molecule has 2 N–H and O–H groups in total. The molecule has 0 radical (unpaired) electrons. The molecule has 1 saturated carbocycles. The van der Waals surface area contributed by atoms with Gasteiger partial charge in [0.1, 0.15) is 0 Å². The number of carbonyl (C=O) groups is 1. The van der Waals surface area contributed by atoms with Gasteiger partial charge in [-0.3, -0.25) is 0 Å². The van der Waals surface area contributed by atoms with Crippen molar-refractivity contribution < 1.29 is 14.6 Å². The van der Waals surface area contributed by atoms with Crippen molar-refractivity contribution in [2.75, 3.05) is 26.2 Å². The summed E-state index contributed by atoms with van der Waals surface area (Å²) < 4.78 is 5.79. The number of benzene rings is 1. The average Bonchev–Trinajstić information content (AvgIpc) is 2.62. The van der Waals surface area contributed by atoms with Crippen LogP contribution in [0.1, 0.15) is 43.2 Å². The van der Waals surface area contributed by atoms with E-state index in [0.29, 0.717) is 32.2 Å². The molecular weight excluding hydrogens is 316 g/mol. The second-order valence-corrected chi connectivity index (χ2v) is 7.70. The maximum Gasteiger partial charge on any atom is 0.317 e. The molecule has 5 heteroatoms. The van der Waals surface area contributed by atoms with Crippen LogP contribution in [0.4, 0.5) is 4.79 Å². The van der Waals surface area contributed by atoms with E-state index in [1.165, 1.54) is 11.1 Å². The second kappa shape index (κ2) is 6.61. The number of fused-ring (bicyclic) bond motifs is 1. The molecular formula is C20H28N2O3. The lowest BCUT2D eigenvalue weighted by atomic mass is 9.58. The van der Waals surface area contributed by atoms with Crippen molar-refractivity contribution in [1.82, 2.24) is 10.2 Å². The van der Waals surface area contributed by atoms with Crippen molar-refractivity contribution >= 4 is 6.03 Å². The number of aliphatic hydroxyl groups is 1. The summed E-state index contributed by atoms with van der Waals surface area (Å²) in [6.07, 6.45) is 3.34. The molecule has 0 bridgehead atoms. The van der Waals surface area contributed by atoms with Crippen molar-refractivity contribution in [1.29, 1.82) is 0 Å². The van der Waals surface area contributed by atoms with Crippen LogP contribution in [0, 0.1) is 5.41 Å². The number of likely N-dealkylation sites (tertiary alicyclic amines) is 1. The molecule has 1 aliphatic heterocycles. The van der Waals surface area contributed by atoms with Gasteiger partial charge in [-0.25, -0.2) is 4.79 Å². The van der Waals surface area contributed by atoms with E-state index in [1.54, 1.807) is 0 Å². The molecule has 1 aromatic carbocycles. The van der Waals surface area contributed by atoms with Crippen LogP contribution in [0.5, 0.6) is 0 Å². The molecule has 5 nitrogen and oxygen atoms in total. The minimum atomic E-state index is -0.277. The fraction of sp³-hybridized carbons (Fsp3) is 0.650. The normalized spacial score (nSPS) is 29.5. The number of hydrogen-bond donors (Lipinski definition) is 2. The third-order valence-electron chi connectivity index (χ3n) is 6.55. The molecule has 1 heterocycles. The Morgan fingerprint density at radius 2 is 2.12 bits per heavy atom. The average molecular weight is 344 g/mol. The van der Waals surface area contributed by atoms with Gasteiger partial charge in [-0.05, 0) is 37.3 Å². The van der Waals surface area contributed by atoms with Crippen molar-refractivity contribution in [2.45, 2.75) is 50.7 Å². The topological polar surface area (TPSA) is 61.8 Å². The molecule has 3 atom stereocenters. The van der Waals surface area contributed by atoms with E-state index in [1.807, 2.05) is 11.8 Å². The fourth-order valence-electron chi connectivity index (χ4n) is 4.81. The molecule has 25 heavy (non-hydrogen) atoms. The first kappa shape index (κ1) is 16.9. The molecule has 0 aromatic heterocycles. The summed E-state index contributed by atoms with van der Waals surface area (Å²) in [5, 5.41) is 13.4. The van der Waals surface area contributed by atoms with Gasteiger partial charge in [0.05, 0.1) is 12.2 Å². The lowest BCUT2D eigenvalue weighted by Crippen LogP contribution is -2.63. The third kappa shape index (κ3) is 2.83. The third-order valence-corrected chi connectivity index (χ3v) is 6.55. The summed E-state index contributed by atoms with van der Waals surface area (Å²) in [4.78, 5) is 14.4. The molecule has 3 aliphatic rings. The van der Waals surface area contributed by atoms with Crippen molar-refractivity contribution in [2.24, 2.45) is 5.41 Å². The summed E-state index contributed by atoms with van der Waals surface area (Å²) >= 11 is 0. The molecule has 2 fully saturated rings. The zero-order valence-electron chi connectivity index (χ0n) is 14.9. The van der Waals surface area contributed by atoms with Crippen LogP contribution in [0.2, 0.25) is 0 Å². The van der Waals surface area contributed by atoms with E-state index >= 15 is 0 Å². The highest BCUT2D eigenvalue weighted by molar-refractivity contribution is 5.74. The monoisotopic (exact) mass is 344 g/mol. The Morgan fingerprint density at radius 1 is 1.36 bits per heavy atom. The quantitative estimate of drug-likeness (QED) is 0.881. The molecule has 1 aromatic rings. The van der Waals surface area contributed by atoms with Crippen LogP contribution in [0.15, 0.2) is 24.3 Å². The number of nitrogens with zero attached hydrogens (tertiary/aromatic N) is 1. The van der Waals surface area contributed by atoms with Gasteiger partial charge in [0.25, 0.3) is 0 Å². The Hall–Kier alpha value is -1.59. The summed E-state index contributed by atoms with van der Waals surface area (Å²) in [6.45, 7) is 4.80. The Morgan fingerprint density at radius 3 is 2.80 bits per heavy atom. The number of amides is 2. The van der Waals surface area contributed by atoms with Gasteiger partial charge in [0.2, 0.25) is 0 Å². The predicted octanol–water partition coefficient (Wildman–Crippen LogP) is 2.29. The molecule has 4 rings (SSSR count). The van der Waals surface area contributed by atoms with Gasteiger partial charge in [-0.15, -0.1) is 0 Å². The summed E-state index contributed by atoms with van der Waals surface area (Å²) in [5.41, 5.74) is 2.65. The SMILES string of the molecule is CCO[C@@H]1C[C@@H](O)C12CCN(C(=O)NC[C@H]1Cc3ccccc31)CC2. The number of ether oxygens (including phenoxy) is 1. The highest BCUT2D eigenvalue weighted by Gasteiger charge is 2.56. The van der Waals surface area contributed by atoms with Crippen LogP contribution in [0.25, 0.3) is 0 Å². The fourth-order valence-corrected chi connectivity index (χ4v) is 4.81. The highest BCUT2D eigenvalue weighted by Crippen LogP contribution is 2.50. The first-order valence-corrected chi connectivity index (χ1v) is 9.54. The molecule has 1 spiro atoms. The molecule has 2 amide bonds. The number of rotatable bonds is 4. The molecule has 136 valence electrons. The van der Waals surface area contributed by atoms with E-state index < -0.39 is 0 Å². The van der Waals surface area contributed by atoms with E-state index in [9.17, 15) is 9.90 Å². The van der Waals surface area contributed by atoms with E-state index in [-0.39, 0.29) is 23.7 Å². The Bertz CT molecular complexity index is 638. The zero-order chi connectivity index (χ0) is 17.4. The summed E-state index contributed by atoms with van der Waals surface area (Å²) in [7, 11) is 0. The summed E-state index contributed by atoms with van der Waals surface area (Å²) in [5.74, 6) is 0.451. The minimum absolute atomic E-state index is 0.0287. The Kier molecular flexibility index (Phi) is 4.46. The van der Waals surface area contributed by atoms with Gasteiger partial charge < -0.3 is 20.1 Å². The van der Waals surface area contributed by atoms with Crippen molar-refractivity contribution in [3.8, 4) is 0 Å². The van der Waals surface area contributed by atoms with Crippen LogP contribution in [0.3, 0.4) is 0 Å². The number of urea groups is 1. The van der Waals surface area contributed by atoms with Gasteiger partial charge in [-0.1, -0.05) is 24.3 Å². The van der Waals surface area contributed by atoms with Crippen LogP contribution < -0.4 is 5.32 Å². The number of carbonyl (C=O) groups excluding carboxylic acids is 1. The Labute approximate surface area is 149 Å². The first-order chi connectivity index (χ1) is 12.1. The number of aliphatic hydroxyl groups excluding tert-OH is 1. The molecule has 0 unspecified atom stereocenters. The van der Waals surface area contributed by atoms with Gasteiger partial charge in [-0.2, -0.15) is 0 Å². The maximum absolute atomic E-state index is 12.5. The van der Waals surface area contributed by atoms with Crippen LogP contribution in [-0.4, -0.2) is 54.5 Å². The first-order valence-electron chi connectivity index (χ1n) is 9.54. The second-order valence-electron chi connectivity index (χ2n) is 7.70. The lowest BCUT2D eigenvalue weighted by Gasteiger charge is -2.56. The highest BCUT2D eigenvalue weighted by atomic mass is 16.5. The van der Waals surface area contributed by atoms with Gasteiger partial charge in [0, 0.05) is 44.0 Å². The standard InChI is InChI=1S/C20H28N2O3/c1-2-25-18-12-17(23)20(18)7-9-22(10-8-20)19(24)21-13-15-11-14-5-3-4-6-16(14)15/h3-6,15,17-18,23H,2,7-13H2,1H3,(H,21,24)/t15-,17-,18-/m1/s1. The Balaban J connectivity index is 1.26. The molecule has 2 aliphatic carbocycles. The maximum atomic E-state index is 12.5. The number of nitrogens with one attached hydrogen (secondary N) is 1. The van der Waals surface area contributed by atoms with Crippen LogP contribution in [-0.2, 0) is 11.2 Å².